The van der Waals surface area contributed by atoms with Crippen molar-refractivity contribution in [3.8, 4) is 0 Å². The number of amides is 2. The predicted octanol–water partition coefficient (Wildman–Crippen LogP) is 4.48. The summed E-state index contributed by atoms with van der Waals surface area (Å²) in [6.07, 6.45) is 10.8. The average molecular weight is 515 g/mol. The number of rotatable bonds is 23. The van der Waals surface area contributed by atoms with Gasteiger partial charge in [-0.3, -0.25) is 16.0 Å². The van der Waals surface area contributed by atoms with Crippen LogP contribution in [0.25, 0.3) is 0 Å². The van der Waals surface area contributed by atoms with Gasteiger partial charge in [0.15, 0.2) is 5.79 Å². The number of nitrogens with one attached hydrogen (secondary N) is 4. The minimum absolute atomic E-state index is 0.0483. The highest BCUT2D eigenvalue weighted by molar-refractivity contribution is 5.70. The number of unbranched alkanes of at least 4 members (excludes halogenated alkanes) is 10. The Morgan fingerprint density at radius 2 is 1.06 bits per heavy atom. The van der Waals surface area contributed by atoms with E-state index in [1.54, 1.807) is 13.8 Å². The molecule has 2 atom stereocenters. The summed E-state index contributed by atoms with van der Waals surface area (Å²) in [4.78, 5) is 45.1. The van der Waals surface area contributed by atoms with Gasteiger partial charge in [0.2, 0.25) is 0 Å². The van der Waals surface area contributed by atoms with E-state index in [1.807, 2.05) is 13.8 Å². The van der Waals surface area contributed by atoms with Crippen molar-refractivity contribution in [3.63, 3.8) is 0 Å². The van der Waals surface area contributed by atoms with E-state index in [9.17, 15) is 29.4 Å². The Bertz CT molecular complexity index is 614. The Kier molecular flexibility index (Phi) is 18.7. The van der Waals surface area contributed by atoms with E-state index in [2.05, 4.69) is 21.3 Å². The van der Waals surface area contributed by atoms with Crippen LogP contribution < -0.4 is 21.3 Å². The lowest BCUT2D eigenvalue weighted by Crippen LogP contribution is -2.71. The molecule has 0 bridgehead atoms. The molecule has 0 rings (SSSR count). The molecule has 0 aromatic carbocycles. The molecule has 0 aromatic rings. The fourth-order valence-corrected chi connectivity index (χ4v) is 4.12. The predicted molar refractivity (Wildman–Crippen MR) is 141 cm³/mol. The van der Waals surface area contributed by atoms with Gasteiger partial charge in [-0.25, -0.2) is 9.59 Å². The largest absolute Gasteiger partial charge is 0.465 e. The third kappa shape index (κ3) is 16.5. The third-order valence-corrected chi connectivity index (χ3v) is 6.39. The summed E-state index contributed by atoms with van der Waals surface area (Å²) in [5.74, 6) is -1.43. The number of hydrogen-bond acceptors (Lipinski definition) is 6. The minimum atomic E-state index is -1.62. The molecule has 10 nitrogen and oxygen atoms in total. The summed E-state index contributed by atoms with van der Waals surface area (Å²) in [5, 5.41) is 29.1. The van der Waals surface area contributed by atoms with Crippen LogP contribution >= 0.6 is 0 Å². The molecule has 0 saturated carbocycles. The maximum atomic E-state index is 11.4. The second kappa shape index (κ2) is 19.9. The quantitative estimate of drug-likeness (QED) is 0.0662. The van der Waals surface area contributed by atoms with Crippen LogP contribution in [-0.4, -0.2) is 59.4 Å². The van der Waals surface area contributed by atoms with Gasteiger partial charge < -0.3 is 25.1 Å². The summed E-state index contributed by atoms with van der Waals surface area (Å²) < 4.78 is 0. The van der Waals surface area contributed by atoms with Crippen LogP contribution in [0.5, 0.6) is 0 Å². The van der Waals surface area contributed by atoms with E-state index >= 15 is 0 Å². The topological polar surface area (TPSA) is 157 Å². The van der Waals surface area contributed by atoms with Gasteiger partial charge in [0.1, 0.15) is 12.6 Å². The fourth-order valence-electron chi connectivity index (χ4n) is 4.12. The Balaban J connectivity index is 4.15. The molecule has 0 aromatic heterocycles. The van der Waals surface area contributed by atoms with Gasteiger partial charge in [-0.2, -0.15) is 0 Å². The van der Waals surface area contributed by atoms with Crippen molar-refractivity contribution in [1.82, 2.24) is 21.3 Å². The normalized spacial score (nSPS) is 13.4. The maximum absolute atomic E-state index is 11.4. The van der Waals surface area contributed by atoms with Gasteiger partial charge in [-0.1, -0.05) is 85.5 Å². The number of carbonyl (C=O) groups is 4. The Labute approximate surface area is 216 Å². The molecule has 0 aliphatic carbocycles. The molecule has 0 radical (unpaired) electrons. The first-order valence-corrected chi connectivity index (χ1v) is 13.5. The van der Waals surface area contributed by atoms with Crippen LogP contribution in [0, 0.1) is 11.8 Å². The smallest absolute Gasteiger partial charge is 0.407 e. The number of aldehydes is 2. The molecular weight excluding hydrogens is 464 g/mol. The summed E-state index contributed by atoms with van der Waals surface area (Å²) in [6.45, 7) is 8.57. The summed E-state index contributed by atoms with van der Waals surface area (Å²) in [5.41, 5.74) is 0. The van der Waals surface area contributed by atoms with Crippen molar-refractivity contribution in [1.29, 1.82) is 0 Å². The van der Waals surface area contributed by atoms with Crippen molar-refractivity contribution >= 4 is 24.8 Å². The molecule has 0 saturated heterocycles. The molecule has 36 heavy (non-hydrogen) atoms. The molecule has 6 N–H and O–H groups in total. The average Bonchev–Trinajstić information content (AvgIpc) is 2.78. The molecule has 0 fully saturated rings. The van der Waals surface area contributed by atoms with Crippen molar-refractivity contribution in [2.75, 3.05) is 6.54 Å². The molecule has 0 aliphatic heterocycles. The lowest BCUT2D eigenvalue weighted by Gasteiger charge is -2.37. The van der Waals surface area contributed by atoms with Crippen LogP contribution in [0.15, 0.2) is 0 Å². The van der Waals surface area contributed by atoms with E-state index in [0.717, 1.165) is 44.9 Å². The lowest BCUT2D eigenvalue weighted by atomic mass is 10.0. The molecular formula is C26H50N4O6. The zero-order chi connectivity index (χ0) is 27.4. The van der Waals surface area contributed by atoms with Crippen molar-refractivity contribution in [2.24, 2.45) is 11.8 Å². The standard InChI is InChI=1S/C26H50N4O6/c1-20(2)22(18-31)27-17-15-13-11-9-7-5-6-8-10-12-14-16-26(29-24(33)34,30-25(35)36)28-23(19-32)21(3)4/h18-23,27-30H,5-17H2,1-4H3,(H,33,34)(H,35,36). The van der Waals surface area contributed by atoms with Crippen molar-refractivity contribution in [3.05, 3.63) is 0 Å². The van der Waals surface area contributed by atoms with Gasteiger partial charge in [0, 0.05) is 6.42 Å². The van der Waals surface area contributed by atoms with Crippen LogP contribution in [0.3, 0.4) is 0 Å². The summed E-state index contributed by atoms with van der Waals surface area (Å²) in [7, 11) is 0. The zero-order valence-electron chi connectivity index (χ0n) is 22.7. The Morgan fingerprint density at radius 1 is 0.667 bits per heavy atom. The van der Waals surface area contributed by atoms with E-state index in [4.69, 9.17) is 0 Å². The number of carbonyl (C=O) groups excluding carboxylic acids is 2. The van der Waals surface area contributed by atoms with E-state index in [1.165, 1.54) is 32.1 Å². The molecule has 210 valence electrons. The second-order valence-corrected chi connectivity index (χ2v) is 10.3. The van der Waals surface area contributed by atoms with Crippen LogP contribution in [0.2, 0.25) is 0 Å². The summed E-state index contributed by atoms with van der Waals surface area (Å²) in [6, 6.07) is -0.749. The van der Waals surface area contributed by atoms with Gasteiger partial charge in [0.25, 0.3) is 0 Å². The van der Waals surface area contributed by atoms with Gasteiger partial charge in [-0.05, 0) is 31.2 Å². The van der Waals surface area contributed by atoms with E-state index in [-0.39, 0.29) is 18.4 Å². The second-order valence-electron chi connectivity index (χ2n) is 10.3. The van der Waals surface area contributed by atoms with Crippen LogP contribution in [-0.2, 0) is 9.59 Å². The molecule has 0 heterocycles. The van der Waals surface area contributed by atoms with E-state index in [0.29, 0.717) is 18.6 Å². The van der Waals surface area contributed by atoms with Gasteiger partial charge in [0.05, 0.1) is 12.1 Å². The van der Waals surface area contributed by atoms with Crippen LogP contribution in [0.4, 0.5) is 9.59 Å². The highest BCUT2D eigenvalue weighted by atomic mass is 16.4. The molecule has 10 heteroatoms. The molecule has 2 amide bonds. The first-order chi connectivity index (χ1) is 17.1. The highest BCUT2D eigenvalue weighted by Crippen LogP contribution is 2.16. The monoisotopic (exact) mass is 514 g/mol. The van der Waals surface area contributed by atoms with Crippen molar-refractivity contribution in [2.45, 2.75) is 123 Å². The highest BCUT2D eigenvalue weighted by Gasteiger charge is 2.36. The lowest BCUT2D eigenvalue weighted by molar-refractivity contribution is -0.111. The first-order valence-electron chi connectivity index (χ1n) is 13.5. The maximum Gasteiger partial charge on any atom is 0.407 e. The molecule has 0 aliphatic rings. The number of hydrogen-bond donors (Lipinski definition) is 6. The molecule has 2 unspecified atom stereocenters. The molecule has 0 spiro atoms. The van der Waals surface area contributed by atoms with Crippen molar-refractivity contribution < 1.29 is 29.4 Å². The van der Waals surface area contributed by atoms with E-state index < -0.39 is 24.0 Å². The zero-order valence-corrected chi connectivity index (χ0v) is 22.7. The van der Waals surface area contributed by atoms with Gasteiger partial charge in [-0.15, -0.1) is 0 Å². The Morgan fingerprint density at radius 3 is 1.42 bits per heavy atom. The SMILES string of the molecule is CC(C)C(C=O)NCCCCCCCCCCCCCC(NC(=O)O)(NC(=O)O)NC(C=O)C(C)C. The Hall–Kier alpha value is -2.20. The third-order valence-electron chi connectivity index (χ3n) is 6.39. The fraction of sp³-hybridized carbons (Fsp3) is 0.846. The first kappa shape index (κ1) is 33.8. The van der Waals surface area contributed by atoms with Crippen LogP contribution in [0.1, 0.15) is 105 Å². The minimum Gasteiger partial charge on any atom is -0.465 e. The number of carboxylic acid groups (broad SMARTS) is 2. The van der Waals surface area contributed by atoms with Gasteiger partial charge >= 0.3 is 12.2 Å². The summed E-state index contributed by atoms with van der Waals surface area (Å²) >= 11 is 0.